The van der Waals surface area contributed by atoms with Gasteiger partial charge in [0.15, 0.2) is 23.1 Å². The molecule has 0 saturated heterocycles. The average Bonchev–Trinajstić information content (AvgIpc) is 3.78. The van der Waals surface area contributed by atoms with Crippen LogP contribution < -0.4 is 29.6 Å². The molecule has 0 spiro atoms. The van der Waals surface area contributed by atoms with Crippen molar-refractivity contribution in [3.05, 3.63) is 66.5 Å². The Morgan fingerprint density at radius 1 is 0.881 bits per heavy atom. The van der Waals surface area contributed by atoms with Crippen LogP contribution in [0, 0.1) is 17.0 Å². The van der Waals surface area contributed by atoms with Gasteiger partial charge >= 0.3 is 0 Å². The van der Waals surface area contributed by atoms with Gasteiger partial charge in [-0.1, -0.05) is 0 Å². The lowest BCUT2D eigenvalue weighted by molar-refractivity contribution is -0.131. The van der Waals surface area contributed by atoms with E-state index in [4.69, 9.17) is 18.9 Å². The van der Waals surface area contributed by atoms with Crippen molar-refractivity contribution in [1.29, 1.82) is 0 Å². The van der Waals surface area contributed by atoms with Crippen LogP contribution in [0.3, 0.4) is 0 Å². The maximum Gasteiger partial charge on any atom is 0.240 e. The summed E-state index contributed by atoms with van der Waals surface area (Å²) in [4.78, 5) is 34.3. The van der Waals surface area contributed by atoms with Crippen LogP contribution in [0.2, 0.25) is 0 Å². The maximum atomic E-state index is 15.2. The third-order valence-corrected chi connectivity index (χ3v) is 6.82. The smallest absolute Gasteiger partial charge is 0.240 e. The van der Waals surface area contributed by atoms with E-state index in [9.17, 15) is 14.0 Å². The van der Waals surface area contributed by atoms with Gasteiger partial charge in [0.1, 0.15) is 36.2 Å². The number of aromatic nitrogens is 2. The minimum absolute atomic E-state index is 0.0444. The van der Waals surface area contributed by atoms with Crippen LogP contribution in [0.5, 0.6) is 28.9 Å². The normalized spacial score (nSPS) is 14.8. The van der Waals surface area contributed by atoms with E-state index in [0.29, 0.717) is 53.3 Å². The zero-order chi connectivity index (χ0) is 29.4. The third-order valence-electron chi connectivity index (χ3n) is 6.82. The van der Waals surface area contributed by atoms with E-state index in [1.54, 1.807) is 6.07 Å². The second-order valence-corrected chi connectivity index (χ2v) is 10.2. The average molecular weight is 577 g/mol. The van der Waals surface area contributed by atoms with Gasteiger partial charge in [0.25, 0.3) is 0 Å². The number of amides is 2. The highest BCUT2D eigenvalue weighted by atomic mass is 19.1. The molecule has 3 aromatic carbocycles. The van der Waals surface area contributed by atoms with Crippen molar-refractivity contribution < 1.29 is 37.3 Å². The van der Waals surface area contributed by atoms with Crippen molar-refractivity contribution in [2.24, 2.45) is 5.41 Å². The molecule has 2 amide bonds. The van der Waals surface area contributed by atoms with E-state index >= 15 is 4.39 Å². The summed E-state index contributed by atoms with van der Waals surface area (Å²) in [7, 11) is 0. The molecule has 12 heteroatoms. The van der Waals surface area contributed by atoms with Crippen molar-refractivity contribution in [3.63, 3.8) is 0 Å². The van der Waals surface area contributed by atoms with Gasteiger partial charge in [0.05, 0.1) is 11.6 Å². The number of nitrogens with one attached hydrogen (secondary N) is 2. The molecule has 2 N–H and O–H groups in total. The molecular formula is C30H26F2N4O6. The monoisotopic (exact) mass is 576 g/mol. The fourth-order valence-electron chi connectivity index (χ4n) is 4.58. The molecule has 42 heavy (non-hydrogen) atoms. The highest BCUT2D eigenvalue weighted by Gasteiger charge is 2.56. The zero-order valence-electron chi connectivity index (χ0n) is 22.7. The molecule has 0 radical (unpaired) electrons. The molecule has 1 aromatic heterocycles. The van der Waals surface area contributed by atoms with Crippen LogP contribution in [-0.4, -0.2) is 41.1 Å². The minimum Gasteiger partial charge on any atom is -0.487 e. The first-order valence-corrected chi connectivity index (χ1v) is 13.3. The Kier molecular flexibility index (Phi) is 6.97. The molecule has 1 aliphatic carbocycles. The Morgan fingerprint density at radius 2 is 1.55 bits per heavy atom. The van der Waals surface area contributed by atoms with Crippen molar-refractivity contribution in [3.8, 4) is 28.9 Å². The fourth-order valence-corrected chi connectivity index (χ4v) is 4.58. The van der Waals surface area contributed by atoms with Crippen LogP contribution in [0.4, 0.5) is 20.2 Å². The van der Waals surface area contributed by atoms with E-state index in [0.717, 1.165) is 6.07 Å². The van der Waals surface area contributed by atoms with Crippen LogP contribution in [0.15, 0.2) is 54.9 Å². The number of carbonyl (C=O) groups is 2. The summed E-state index contributed by atoms with van der Waals surface area (Å²) in [6.07, 6.45) is 1.82. The number of nitrogens with zero attached hydrogens (tertiary/aromatic N) is 2. The Balaban J connectivity index is 1.21. The second kappa shape index (κ2) is 10.8. The van der Waals surface area contributed by atoms with Crippen molar-refractivity contribution in [2.75, 3.05) is 23.8 Å². The number of ether oxygens (including phenoxy) is 4. The number of anilines is 2. The number of halogens is 2. The van der Waals surface area contributed by atoms with Gasteiger partial charge in [0.2, 0.25) is 23.4 Å². The van der Waals surface area contributed by atoms with Gasteiger partial charge in [-0.25, -0.2) is 18.7 Å². The van der Waals surface area contributed by atoms with Crippen molar-refractivity contribution >= 4 is 34.1 Å². The van der Waals surface area contributed by atoms with E-state index in [1.807, 2.05) is 13.8 Å². The molecule has 1 saturated carbocycles. The molecule has 0 bridgehead atoms. The van der Waals surface area contributed by atoms with E-state index < -0.39 is 28.9 Å². The molecular weight excluding hydrogens is 550 g/mol. The molecule has 2 heterocycles. The number of benzene rings is 3. The first-order valence-electron chi connectivity index (χ1n) is 13.3. The fraction of sp³-hybridized carbons (Fsp3) is 0.267. The summed E-state index contributed by atoms with van der Waals surface area (Å²) in [5.41, 5.74) is -0.327. The highest BCUT2D eigenvalue weighted by Crippen LogP contribution is 2.49. The first kappa shape index (κ1) is 27.2. The lowest BCUT2D eigenvalue weighted by Gasteiger charge is -2.24. The van der Waals surface area contributed by atoms with Crippen LogP contribution in [0.25, 0.3) is 10.9 Å². The van der Waals surface area contributed by atoms with Crippen LogP contribution in [0.1, 0.15) is 26.7 Å². The number of hydrogen-bond acceptors (Lipinski definition) is 8. The number of fused-ring (bicyclic) bond motifs is 3. The summed E-state index contributed by atoms with van der Waals surface area (Å²) in [5.74, 6) is -1.23. The van der Waals surface area contributed by atoms with Crippen molar-refractivity contribution in [1.82, 2.24) is 9.97 Å². The van der Waals surface area contributed by atoms with Crippen LogP contribution >= 0.6 is 0 Å². The summed E-state index contributed by atoms with van der Waals surface area (Å²) in [6, 6.07) is 10.8. The molecule has 0 atom stereocenters. The zero-order valence-corrected chi connectivity index (χ0v) is 22.7. The van der Waals surface area contributed by atoms with Gasteiger partial charge in [-0.15, -0.1) is 0 Å². The second-order valence-electron chi connectivity index (χ2n) is 10.2. The van der Waals surface area contributed by atoms with Gasteiger partial charge in [0, 0.05) is 23.5 Å². The number of carbonyl (C=O) groups excluding carboxylic acids is 2. The molecule has 2 aliphatic rings. The highest BCUT2D eigenvalue weighted by molar-refractivity contribution is 6.16. The lowest BCUT2D eigenvalue weighted by Crippen LogP contribution is -2.35. The van der Waals surface area contributed by atoms with E-state index in [-0.39, 0.29) is 30.0 Å². The number of rotatable bonds is 8. The predicted molar refractivity (Wildman–Crippen MR) is 148 cm³/mol. The summed E-state index contributed by atoms with van der Waals surface area (Å²) < 4.78 is 51.8. The predicted octanol–water partition coefficient (Wildman–Crippen LogP) is 5.62. The Morgan fingerprint density at radius 3 is 2.21 bits per heavy atom. The van der Waals surface area contributed by atoms with Crippen molar-refractivity contribution in [2.45, 2.75) is 32.8 Å². The summed E-state index contributed by atoms with van der Waals surface area (Å²) >= 11 is 0. The largest absolute Gasteiger partial charge is 0.487 e. The topological polar surface area (TPSA) is 121 Å². The summed E-state index contributed by atoms with van der Waals surface area (Å²) in [5, 5.41) is 5.64. The quantitative estimate of drug-likeness (QED) is 0.260. The van der Waals surface area contributed by atoms with Crippen LogP contribution in [-0.2, 0) is 9.59 Å². The third kappa shape index (κ3) is 5.22. The summed E-state index contributed by atoms with van der Waals surface area (Å²) in [6.45, 7) is 4.38. The van der Waals surface area contributed by atoms with Gasteiger partial charge < -0.3 is 29.6 Å². The molecule has 0 unspecified atom stereocenters. The van der Waals surface area contributed by atoms with E-state index in [1.165, 1.54) is 42.7 Å². The maximum absolute atomic E-state index is 15.2. The Labute approximate surface area is 239 Å². The van der Waals surface area contributed by atoms with Gasteiger partial charge in [-0.3, -0.25) is 9.59 Å². The molecule has 6 rings (SSSR count). The lowest BCUT2D eigenvalue weighted by atomic mass is 10.0. The molecule has 1 fully saturated rings. The Hall–Kier alpha value is -5.00. The first-order chi connectivity index (χ1) is 20.2. The standard InChI is InChI=1S/C30H26F2N4O6/c1-16(2)41-23-14-21-24(26-25(23)39-11-12-40-26)27(34-15-33-21)42-22-8-7-19(13-20(22)32)36-29(38)30(9-10-30)28(37)35-18-5-3-17(31)4-6-18/h3-8,13-16H,9-12H2,1-2H3,(H,35,37)(H,36,38). The van der Waals surface area contributed by atoms with E-state index in [2.05, 4.69) is 20.6 Å². The SMILES string of the molecule is CC(C)Oc1cc2ncnc(Oc3ccc(NC(=O)C4(C(=O)Nc5ccc(F)cc5)CC4)cc3F)c2c2c1OCCO2. The molecule has 10 nitrogen and oxygen atoms in total. The van der Waals surface area contributed by atoms with Gasteiger partial charge in [-0.05, 0) is 63.1 Å². The molecule has 4 aromatic rings. The minimum atomic E-state index is -1.29. The molecule has 216 valence electrons. The number of hydrogen-bond donors (Lipinski definition) is 2. The molecule has 1 aliphatic heterocycles. The van der Waals surface area contributed by atoms with Gasteiger partial charge in [-0.2, -0.15) is 0 Å². The Bertz CT molecular complexity index is 1690.